The first-order chi connectivity index (χ1) is 7.74. The second-order valence-electron chi connectivity index (χ2n) is 3.33. The summed E-state index contributed by atoms with van der Waals surface area (Å²) in [4.78, 5) is 4.55. The van der Waals surface area contributed by atoms with Gasteiger partial charge in [-0.1, -0.05) is 6.92 Å². The molecule has 0 saturated carbocycles. The van der Waals surface area contributed by atoms with Gasteiger partial charge in [-0.05, 0) is 40.5 Å². The zero-order valence-electron chi connectivity index (χ0n) is 9.16. The largest absolute Gasteiger partial charge is 0.496 e. The maximum absolute atomic E-state index is 5.20. The van der Waals surface area contributed by atoms with Crippen molar-refractivity contribution in [1.29, 1.82) is 0 Å². The molecule has 1 heterocycles. The van der Waals surface area contributed by atoms with E-state index in [9.17, 15) is 0 Å². The molecule has 0 atom stereocenters. The van der Waals surface area contributed by atoms with Crippen molar-refractivity contribution in [2.45, 2.75) is 13.3 Å². The van der Waals surface area contributed by atoms with E-state index < -0.39 is 0 Å². The van der Waals surface area contributed by atoms with Crippen LogP contribution in [0.25, 0.3) is 11.3 Å². The van der Waals surface area contributed by atoms with E-state index in [1.807, 2.05) is 18.2 Å². The van der Waals surface area contributed by atoms with Crippen LogP contribution in [0.4, 0.5) is 0 Å². The Morgan fingerprint density at radius 2 is 2.25 bits per heavy atom. The van der Waals surface area contributed by atoms with Crippen molar-refractivity contribution < 1.29 is 4.74 Å². The third-order valence-electron chi connectivity index (χ3n) is 2.30. The lowest BCUT2D eigenvalue weighted by Gasteiger charge is -2.04. The van der Waals surface area contributed by atoms with Gasteiger partial charge >= 0.3 is 0 Å². The number of methoxy groups -OCH3 is 1. The summed E-state index contributed by atoms with van der Waals surface area (Å²) >= 11 is 5.18. The minimum atomic E-state index is 0.842. The number of hydrogen-bond donors (Lipinski definition) is 0. The lowest BCUT2D eigenvalue weighted by molar-refractivity contribution is 0.412. The highest BCUT2D eigenvalue weighted by atomic mass is 79.9. The first-order valence-electron chi connectivity index (χ1n) is 5.03. The fourth-order valence-electron chi connectivity index (χ4n) is 1.43. The fraction of sp³-hybridized carbons (Fsp3) is 0.250. The highest BCUT2D eigenvalue weighted by molar-refractivity contribution is 9.10. The Morgan fingerprint density at radius 3 is 2.81 bits per heavy atom. The number of halogens is 1. The normalized spacial score (nSPS) is 10.4. The van der Waals surface area contributed by atoms with Crippen molar-refractivity contribution in [3.8, 4) is 17.0 Å². The predicted octanol–water partition coefficient (Wildman–Crippen LogP) is 4.14. The third-order valence-corrected chi connectivity index (χ3v) is 3.91. The van der Waals surface area contributed by atoms with Gasteiger partial charge in [-0.25, -0.2) is 4.98 Å². The number of ether oxygens (including phenoxy) is 1. The molecule has 0 saturated heterocycles. The first kappa shape index (κ1) is 11.6. The number of aromatic nitrogens is 1. The van der Waals surface area contributed by atoms with Gasteiger partial charge in [0.25, 0.3) is 0 Å². The quantitative estimate of drug-likeness (QED) is 0.849. The molecule has 1 aromatic carbocycles. The summed E-state index contributed by atoms with van der Waals surface area (Å²) in [5, 5.41) is 3.26. The molecular weight excluding hydrogens is 286 g/mol. The summed E-state index contributed by atoms with van der Waals surface area (Å²) in [7, 11) is 1.66. The number of thiazole rings is 1. The maximum atomic E-state index is 5.20. The monoisotopic (exact) mass is 297 g/mol. The lowest BCUT2D eigenvalue weighted by atomic mass is 10.2. The van der Waals surface area contributed by atoms with Crippen LogP contribution in [0, 0.1) is 0 Å². The molecule has 0 aliphatic heterocycles. The fourth-order valence-corrected chi connectivity index (χ4v) is 2.73. The van der Waals surface area contributed by atoms with E-state index in [0.29, 0.717) is 0 Å². The number of benzene rings is 1. The number of hydrogen-bond acceptors (Lipinski definition) is 3. The molecule has 0 N–H and O–H groups in total. The molecule has 0 fully saturated rings. The Balaban J connectivity index is 2.37. The number of rotatable bonds is 3. The van der Waals surface area contributed by atoms with Gasteiger partial charge < -0.3 is 4.74 Å². The Kier molecular flexibility index (Phi) is 3.61. The standard InChI is InChI=1S/C12H12BrNOS/c1-3-12-14-10(7-16-12)8-4-5-11(15-2)9(13)6-8/h4-7H,3H2,1-2H3. The molecule has 0 bridgehead atoms. The highest BCUT2D eigenvalue weighted by Crippen LogP contribution is 2.30. The van der Waals surface area contributed by atoms with Gasteiger partial charge in [-0.3, -0.25) is 0 Å². The zero-order chi connectivity index (χ0) is 11.5. The highest BCUT2D eigenvalue weighted by Gasteiger charge is 2.06. The Labute approximate surface area is 107 Å². The second kappa shape index (κ2) is 4.97. The van der Waals surface area contributed by atoms with E-state index in [2.05, 4.69) is 33.2 Å². The molecule has 0 unspecified atom stereocenters. The van der Waals surface area contributed by atoms with Crippen molar-refractivity contribution >= 4 is 27.3 Å². The molecule has 0 aliphatic carbocycles. The summed E-state index contributed by atoms with van der Waals surface area (Å²) in [6.07, 6.45) is 0.988. The van der Waals surface area contributed by atoms with Crippen molar-refractivity contribution in [2.24, 2.45) is 0 Å². The molecule has 0 amide bonds. The summed E-state index contributed by atoms with van der Waals surface area (Å²) < 4.78 is 6.15. The van der Waals surface area contributed by atoms with Crippen LogP contribution in [-0.2, 0) is 6.42 Å². The molecule has 4 heteroatoms. The van der Waals surface area contributed by atoms with Crippen LogP contribution in [0.1, 0.15) is 11.9 Å². The van der Waals surface area contributed by atoms with Gasteiger partial charge in [-0.2, -0.15) is 0 Å². The second-order valence-corrected chi connectivity index (χ2v) is 5.13. The Morgan fingerprint density at radius 1 is 1.44 bits per heavy atom. The summed E-state index contributed by atoms with van der Waals surface area (Å²) in [6.45, 7) is 2.12. The summed E-state index contributed by atoms with van der Waals surface area (Å²) in [6, 6.07) is 6.01. The Bertz CT molecular complexity index is 496. The first-order valence-corrected chi connectivity index (χ1v) is 6.70. The minimum absolute atomic E-state index is 0.842. The molecule has 2 aromatic rings. The average Bonchev–Trinajstić information content (AvgIpc) is 2.77. The minimum Gasteiger partial charge on any atom is -0.496 e. The van der Waals surface area contributed by atoms with Crippen molar-refractivity contribution in [3.05, 3.63) is 33.1 Å². The van der Waals surface area contributed by atoms with Crippen LogP contribution in [-0.4, -0.2) is 12.1 Å². The zero-order valence-corrected chi connectivity index (χ0v) is 11.6. The van der Waals surface area contributed by atoms with Crippen LogP contribution in [0.15, 0.2) is 28.1 Å². The van der Waals surface area contributed by atoms with Crippen LogP contribution in [0.5, 0.6) is 5.75 Å². The smallest absolute Gasteiger partial charge is 0.133 e. The van der Waals surface area contributed by atoms with Crippen LogP contribution in [0.3, 0.4) is 0 Å². The molecule has 2 rings (SSSR count). The van der Waals surface area contributed by atoms with Gasteiger partial charge in [0.15, 0.2) is 0 Å². The molecule has 84 valence electrons. The Hall–Kier alpha value is -0.870. The van der Waals surface area contributed by atoms with Gasteiger partial charge in [0.05, 0.1) is 22.3 Å². The molecule has 16 heavy (non-hydrogen) atoms. The third kappa shape index (κ3) is 2.28. The van der Waals surface area contributed by atoms with E-state index >= 15 is 0 Å². The molecule has 1 aromatic heterocycles. The van der Waals surface area contributed by atoms with E-state index in [4.69, 9.17) is 4.74 Å². The topological polar surface area (TPSA) is 22.1 Å². The van der Waals surface area contributed by atoms with E-state index in [1.54, 1.807) is 18.4 Å². The summed E-state index contributed by atoms with van der Waals surface area (Å²) in [5.41, 5.74) is 2.15. The molecule has 0 radical (unpaired) electrons. The molecular formula is C12H12BrNOS. The van der Waals surface area contributed by atoms with Crippen molar-refractivity contribution in [2.75, 3.05) is 7.11 Å². The van der Waals surface area contributed by atoms with Crippen LogP contribution < -0.4 is 4.74 Å². The van der Waals surface area contributed by atoms with Crippen LogP contribution >= 0.6 is 27.3 Å². The number of nitrogens with zero attached hydrogens (tertiary/aromatic N) is 1. The van der Waals surface area contributed by atoms with Crippen LogP contribution in [0.2, 0.25) is 0 Å². The SMILES string of the molecule is CCc1nc(-c2ccc(OC)c(Br)c2)cs1. The predicted molar refractivity (Wildman–Crippen MR) is 71.2 cm³/mol. The summed E-state index contributed by atoms with van der Waals surface area (Å²) in [5.74, 6) is 0.842. The molecule has 0 aliphatic rings. The maximum Gasteiger partial charge on any atom is 0.133 e. The van der Waals surface area contributed by atoms with Gasteiger partial charge in [0, 0.05) is 10.9 Å². The average molecular weight is 298 g/mol. The lowest BCUT2D eigenvalue weighted by Crippen LogP contribution is -1.86. The van der Waals surface area contributed by atoms with Gasteiger partial charge in [-0.15, -0.1) is 11.3 Å². The number of aryl methyl sites for hydroxylation is 1. The van der Waals surface area contributed by atoms with E-state index in [1.165, 1.54) is 5.01 Å². The molecule has 2 nitrogen and oxygen atoms in total. The van der Waals surface area contributed by atoms with Crippen molar-refractivity contribution in [1.82, 2.24) is 4.98 Å². The van der Waals surface area contributed by atoms with Crippen molar-refractivity contribution in [3.63, 3.8) is 0 Å². The molecule has 0 spiro atoms. The van der Waals surface area contributed by atoms with Gasteiger partial charge in [0.2, 0.25) is 0 Å². The van der Waals surface area contributed by atoms with E-state index in [0.717, 1.165) is 27.9 Å². The van der Waals surface area contributed by atoms with E-state index in [-0.39, 0.29) is 0 Å². The van der Waals surface area contributed by atoms with Gasteiger partial charge in [0.1, 0.15) is 5.75 Å².